The van der Waals surface area contributed by atoms with Crippen LogP contribution in [0.25, 0.3) is 22.2 Å². The van der Waals surface area contributed by atoms with Crippen molar-refractivity contribution in [3.63, 3.8) is 0 Å². The van der Waals surface area contributed by atoms with Gasteiger partial charge in [-0.3, -0.25) is 9.69 Å². The van der Waals surface area contributed by atoms with Gasteiger partial charge >= 0.3 is 0 Å². The third-order valence-corrected chi connectivity index (χ3v) is 5.16. The third kappa shape index (κ3) is 5.05. The highest BCUT2D eigenvalue weighted by Crippen LogP contribution is 2.28. The number of nitrogens with zero attached hydrogens (tertiary/aromatic N) is 1. The molecule has 5 nitrogen and oxygen atoms in total. The van der Waals surface area contributed by atoms with E-state index in [0.717, 1.165) is 28.4 Å². The number of aliphatic hydroxyl groups excluding tert-OH is 1. The molecular weight excluding hydrogens is 364 g/mol. The van der Waals surface area contributed by atoms with Crippen LogP contribution < -0.4 is 4.74 Å². The largest absolute Gasteiger partial charge is 0.491 e. The Bertz CT molecular complexity index is 954. The molecule has 0 aliphatic carbocycles. The number of hydrogen-bond donors (Lipinski definition) is 2. The molecule has 154 valence electrons. The molecule has 0 fully saturated rings. The van der Waals surface area contributed by atoms with E-state index in [1.807, 2.05) is 48.5 Å². The van der Waals surface area contributed by atoms with Crippen molar-refractivity contribution in [3.05, 3.63) is 54.1 Å². The summed E-state index contributed by atoms with van der Waals surface area (Å²) >= 11 is 0. The molecule has 1 heterocycles. The molecule has 0 aliphatic heterocycles. The second kappa shape index (κ2) is 9.25. The summed E-state index contributed by atoms with van der Waals surface area (Å²) in [5.41, 5.74) is 3.48. The van der Waals surface area contributed by atoms with Gasteiger partial charge in [0.05, 0.1) is 0 Å². The van der Waals surface area contributed by atoms with Gasteiger partial charge in [-0.05, 0) is 52.0 Å². The van der Waals surface area contributed by atoms with Crippen molar-refractivity contribution in [2.24, 2.45) is 0 Å². The van der Waals surface area contributed by atoms with E-state index in [9.17, 15) is 9.90 Å². The minimum Gasteiger partial charge on any atom is -0.491 e. The Morgan fingerprint density at radius 1 is 1.07 bits per heavy atom. The molecule has 5 heteroatoms. The zero-order valence-electron chi connectivity index (χ0n) is 17.6. The highest BCUT2D eigenvalue weighted by molar-refractivity contribution is 5.99. The summed E-state index contributed by atoms with van der Waals surface area (Å²) in [4.78, 5) is 16.9. The van der Waals surface area contributed by atoms with Gasteiger partial charge in [0.15, 0.2) is 6.29 Å². The lowest BCUT2D eigenvalue weighted by atomic mass is 10.1. The van der Waals surface area contributed by atoms with Crippen molar-refractivity contribution in [2.75, 3.05) is 13.2 Å². The number of aliphatic hydroxyl groups is 1. The van der Waals surface area contributed by atoms with Gasteiger partial charge in [0.2, 0.25) is 0 Å². The van der Waals surface area contributed by atoms with Gasteiger partial charge in [-0.2, -0.15) is 0 Å². The van der Waals surface area contributed by atoms with Crippen LogP contribution in [0.4, 0.5) is 0 Å². The zero-order chi connectivity index (χ0) is 21.0. The van der Waals surface area contributed by atoms with E-state index in [1.54, 1.807) is 0 Å². The summed E-state index contributed by atoms with van der Waals surface area (Å²) in [6, 6.07) is 16.1. The number of fused-ring (bicyclic) bond motifs is 1. The van der Waals surface area contributed by atoms with Crippen LogP contribution in [0, 0.1) is 0 Å². The number of aldehydes is 1. The first-order valence-electron chi connectivity index (χ1n) is 10.1. The molecule has 2 N–H and O–H groups in total. The first-order valence-corrected chi connectivity index (χ1v) is 10.1. The highest BCUT2D eigenvalue weighted by atomic mass is 16.5. The first kappa shape index (κ1) is 21.1. The number of carbonyl (C=O) groups excluding carboxylic acids is 1. The van der Waals surface area contributed by atoms with Gasteiger partial charge in [0.1, 0.15) is 18.5 Å². The Morgan fingerprint density at radius 2 is 1.79 bits per heavy atom. The van der Waals surface area contributed by atoms with Gasteiger partial charge < -0.3 is 14.8 Å². The van der Waals surface area contributed by atoms with Crippen molar-refractivity contribution >= 4 is 17.2 Å². The minimum atomic E-state index is -0.563. The average Bonchev–Trinajstić information content (AvgIpc) is 3.14. The van der Waals surface area contributed by atoms with E-state index in [1.165, 1.54) is 0 Å². The molecule has 0 spiro atoms. The Hall–Kier alpha value is -2.63. The van der Waals surface area contributed by atoms with Crippen molar-refractivity contribution < 1.29 is 14.6 Å². The maximum absolute atomic E-state index is 11.3. The number of hydrogen-bond acceptors (Lipinski definition) is 4. The molecule has 1 aromatic heterocycles. The fourth-order valence-electron chi connectivity index (χ4n) is 3.70. The van der Waals surface area contributed by atoms with Crippen molar-refractivity contribution in [1.29, 1.82) is 0 Å². The number of nitrogens with one attached hydrogen (secondary N) is 1. The lowest BCUT2D eigenvalue weighted by molar-refractivity contribution is 0.0446. The number of carbonyl (C=O) groups is 1. The predicted octanol–water partition coefficient (Wildman–Crippen LogP) is 4.51. The van der Waals surface area contributed by atoms with Crippen LogP contribution in [0.2, 0.25) is 0 Å². The Morgan fingerprint density at radius 3 is 2.48 bits per heavy atom. The lowest BCUT2D eigenvalue weighted by Gasteiger charge is -2.32. The summed E-state index contributed by atoms with van der Waals surface area (Å²) in [6.07, 6.45) is 0.310. The summed E-state index contributed by atoms with van der Waals surface area (Å²) in [6.45, 7) is 9.34. The Balaban J connectivity index is 1.71. The van der Waals surface area contributed by atoms with Crippen LogP contribution in [-0.2, 0) is 0 Å². The number of ether oxygens (including phenoxy) is 1. The monoisotopic (exact) mass is 394 g/mol. The minimum absolute atomic E-state index is 0.237. The number of rotatable bonds is 9. The maximum atomic E-state index is 11.3. The fourth-order valence-corrected chi connectivity index (χ4v) is 3.70. The van der Waals surface area contributed by atoms with Crippen molar-refractivity contribution in [1.82, 2.24) is 9.88 Å². The molecule has 0 bridgehead atoms. The normalized spacial score (nSPS) is 12.8. The van der Waals surface area contributed by atoms with Crippen LogP contribution in [0.5, 0.6) is 5.75 Å². The summed E-state index contributed by atoms with van der Waals surface area (Å²) < 4.78 is 5.86. The van der Waals surface area contributed by atoms with Crippen LogP contribution >= 0.6 is 0 Å². The lowest BCUT2D eigenvalue weighted by Crippen LogP contribution is -2.43. The molecule has 0 amide bonds. The van der Waals surface area contributed by atoms with Crippen molar-refractivity contribution in [3.8, 4) is 17.0 Å². The molecule has 0 saturated carbocycles. The number of aromatic amines is 1. The van der Waals surface area contributed by atoms with Gasteiger partial charge in [-0.25, -0.2) is 0 Å². The van der Waals surface area contributed by atoms with Gasteiger partial charge in [0.25, 0.3) is 0 Å². The zero-order valence-corrected chi connectivity index (χ0v) is 17.6. The Labute approximate surface area is 172 Å². The summed E-state index contributed by atoms with van der Waals surface area (Å²) in [7, 11) is 0. The van der Waals surface area contributed by atoms with E-state index in [0.29, 0.717) is 29.9 Å². The predicted molar refractivity (Wildman–Crippen MR) is 118 cm³/mol. The van der Waals surface area contributed by atoms with E-state index in [-0.39, 0.29) is 6.61 Å². The average molecular weight is 395 g/mol. The van der Waals surface area contributed by atoms with Crippen LogP contribution in [-0.4, -0.2) is 52.6 Å². The molecule has 1 atom stereocenters. The molecular formula is C24H30N2O3. The van der Waals surface area contributed by atoms with E-state index < -0.39 is 6.10 Å². The van der Waals surface area contributed by atoms with E-state index in [2.05, 4.69) is 37.6 Å². The van der Waals surface area contributed by atoms with Crippen LogP contribution in [0.1, 0.15) is 38.1 Å². The second-order valence-corrected chi connectivity index (χ2v) is 7.99. The van der Waals surface area contributed by atoms with E-state index >= 15 is 0 Å². The second-order valence-electron chi connectivity index (χ2n) is 7.99. The SMILES string of the molecule is CC(C)N(CC(O)COc1cccc(-c2cc3c(C=O)cccc3[nH]2)c1)C(C)C. The summed E-state index contributed by atoms with van der Waals surface area (Å²) in [5, 5.41) is 11.3. The maximum Gasteiger partial charge on any atom is 0.150 e. The number of benzene rings is 2. The molecule has 1 unspecified atom stereocenters. The number of H-pyrrole nitrogens is 1. The van der Waals surface area contributed by atoms with Gasteiger partial charge in [-0.1, -0.05) is 24.3 Å². The first-order chi connectivity index (χ1) is 13.9. The smallest absolute Gasteiger partial charge is 0.150 e. The quantitative estimate of drug-likeness (QED) is 0.524. The highest BCUT2D eigenvalue weighted by Gasteiger charge is 2.18. The van der Waals surface area contributed by atoms with Gasteiger partial charge in [-0.15, -0.1) is 0 Å². The molecule has 29 heavy (non-hydrogen) atoms. The fraction of sp³-hybridized carbons (Fsp3) is 0.375. The molecule has 0 saturated heterocycles. The van der Waals surface area contributed by atoms with Crippen LogP contribution in [0.3, 0.4) is 0 Å². The third-order valence-electron chi connectivity index (χ3n) is 5.16. The molecule has 2 aromatic carbocycles. The van der Waals surface area contributed by atoms with Gasteiger partial charge in [0, 0.05) is 46.4 Å². The number of aromatic nitrogens is 1. The molecule has 3 aromatic rings. The van der Waals surface area contributed by atoms with Crippen molar-refractivity contribution in [2.45, 2.75) is 45.9 Å². The molecule has 3 rings (SSSR count). The topological polar surface area (TPSA) is 65.6 Å². The Kier molecular flexibility index (Phi) is 6.72. The van der Waals surface area contributed by atoms with E-state index in [4.69, 9.17) is 4.74 Å². The van der Waals surface area contributed by atoms with Crippen LogP contribution in [0.15, 0.2) is 48.5 Å². The molecule has 0 aliphatic rings. The standard InChI is InChI=1S/C24H30N2O3/c1-16(2)26(17(3)4)13-20(28)15-29-21-9-5-7-18(11-21)24-12-22-19(14-27)8-6-10-23(22)25-24/h5-12,14,16-17,20,25,28H,13,15H2,1-4H3. The molecule has 0 radical (unpaired) electrons. The summed E-state index contributed by atoms with van der Waals surface area (Å²) in [5.74, 6) is 0.705.